The Labute approximate surface area is 137 Å². The Bertz CT molecular complexity index is 1030. The van der Waals surface area contributed by atoms with Gasteiger partial charge in [-0.25, -0.2) is 4.98 Å². The lowest BCUT2D eigenvalue weighted by molar-refractivity contribution is 0.614. The van der Waals surface area contributed by atoms with Crippen LogP contribution in [0.15, 0.2) is 53.3 Å². The second-order valence-electron chi connectivity index (χ2n) is 5.95. The summed E-state index contributed by atoms with van der Waals surface area (Å²) in [5.41, 5.74) is 3.35. The molecule has 1 aliphatic rings. The largest absolute Gasteiger partial charge is 0.459 e. The summed E-state index contributed by atoms with van der Waals surface area (Å²) in [6.45, 7) is 0. The average molecular weight is 317 g/mol. The van der Waals surface area contributed by atoms with Crippen molar-refractivity contribution in [2.24, 2.45) is 0 Å². The quantitative estimate of drug-likeness (QED) is 0.590. The van der Waals surface area contributed by atoms with Crippen LogP contribution in [0.5, 0.6) is 0 Å². The third kappa shape index (κ3) is 2.32. The molecule has 1 aliphatic carbocycles. The van der Waals surface area contributed by atoms with E-state index in [1.807, 2.05) is 36.4 Å². The molecule has 0 spiro atoms. The van der Waals surface area contributed by atoms with Crippen molar-refractivity contribution in [1.29, 1.82) is 0 Å². The van der Waals surface area contributed by atoms with Crippen LogP contribution in [0.2, 0.25) is 0 Å². The van der Waals surface area contributed by atoms with Crippen molar-refractivity contribution in [2.45, 2.75) is 18.9 Å². The summed E-state index contributed by atoms with van der Waals surface area (Å²) in [6.07, 6.45) is 5.77. The fourth-order valence-electron chi connectivity index (χ4n) is 2.76. The van der Waals surface area contributed by atoms with Gasteiger partial charge in [0.05, 0.1) is 17.5 Å². The summed E-state index contributed by atoms with van der Waals surface area (Å²) >= 11 is 0. The topological polar surface area (TPSA) is 75.9 Å². The molecule has 2 N–H and O–H groups in total. The maximum absolute atomic E-state index is 5.53. The van der Waals surface area contributed by atoms with E-state index in [1.54, 1.807) is 12.5 Å². The first-order chi connectivity index (χ1) is 11.9. The highest BCUT2D eigenvalue weighted by molar-refractivity contribution is 5.93. The van der Waals surface area contributed by atoms with Crippen LogP contribution >= 0.6 is 0 Å². The molecule has 0 radical (unpaired) electrons. The van der Waals surface area contributed by atoms with Crippen molar-refractivity contribution in [3.63, 3.8) is 0 Å². The maximum Gasteiger partial charge on any atom is 0.230 e. The van der Waals surface area contributed by atoms with Crippen LogP contribution in [-0.4, -0.2) is 21.0 Å². The van der Waals surface area contributed by atoms with Gasteiger partial charge in [0, 0.05) is 23.7 Å². The molecule has 118 valence electrons. The number of pyridine rings is 1. The minimum absolute atomic E-state index is 0.489. The van der Waals surface area contributed by atoms with Gasteiger partial charge in [0.25, 0.3) is 0 Å². The fraction of sp³-hybridized carbons (Fsp3) is 0.167. The fourth-order valence-corrected chi connectivity index (χ4v) is 2.76. The Kier molecular flexibility index (Phi) is 2.88. The van der Waals surface area contributed by atoms with Gasteiger partial charge in [0.1, 0.15) is 5.52 Å². The second kappa shape index (κ2) is 5.19. The first kappa shape index (κ1) is 13.3. The third-order valence-electron chi connectivity index (χ3n) is 4.12. The first-order valence-corrected chi connectivity index (χ1v) is 7.99. The number of hydrogen-bond donors (Lipinski definition) is 2. The zero-order valence-corrected chi connectivity index (χ0v) is 12.9. The van der Waals surface area contributed by atoms with Gasteiger partial charge in [-0.15, -0.1) is 0 Å². The van der Waals surface area contributed by atoms with E-state index in [2.05, 4.69) is 25.6 Å². The molecule has 24 heavy (non-hydrogen) atoms. The molecule has 6 heteroatoms. The molecule has 6 nitrogen and oxygen atoms in total. The molecular weight excluding hydrogens is 302 g/mol. The molecule has 0 bridgehead atoms. The van der Waals surface area contributed by atoms with Gasteiger partial charge in [-0.05, 0) is 25.0 Å². The zero-order chi connectivity index (χ0) is 15.9. The summed E-state index contributed by atoms with van der Waals surface area (Å²) in [6, 6.07) is 12.3. The number of nitrogens with zero attached hydrogens (tertiary/aromatic N) is 3. The van der Waals surface area contributed by atoms with E-state index in [0.29, 0.717) is 17.6 Å². The van der Waals surface area contributed by atoms with Gasteiger partial charge in [0.2, 0.25) is 5.95 Å². The van der Waals surface area contributed by atoms with Gasteiger partial charge in [0.15, 0.2) is 11.4 Å². The zero-order valence-electron chi connectivity index (χ0n) is 12.9. The Morgan fingerprint density at radius 1 is 1.00 bits per heavy atom. The van der Waals surface area contributed by atoms with Crippen LogP contribution in [0.3, 0.4) is 0 Å². The molecule has 5 rings (SSSR count). The Morgan fingerprint density at radius 2 is 1.92 bits per heavy atom. The van der Waals surface area contributed by atoms with E-state index >= 15 is 0 Å². The minimum atomic E-state index is 0.489. The van der Waals surface area contributed by atoms with E-state index in [1.165, 1.54) is 12.8 Å². The van der Waals surface area contributed by atoms with Crippen LogP contribution in [0.25, 0.3) is 22.0 Å². The number of furan rings is 1. The molecule has 1 fully saturated rings. The standard InChI is InChI=1S/C18H15N5O/c1-2-4-13-12(3-1)14(7-9-19-13)21-18-22-15-8-10-24-16(15)17(23-18)20-11-5-6-11/h1-4,7-11H,5-6H2,(H2,19,20,21,22,23). The number of hydrogen-bond acceptors (Lipinski definition) is 6. The van der Waals surface area contributed by atoms with Crippen molar-refractivity contribution < 1.29 is 4.42 Å². The molecule has 0 atom stereocenters. The highest BCUT2D eigenvalue weighted by atomic mass is 16.3. The predicted octanol–water partition coefficient (Wildman–Crippen LogP) is 4.09. The lowest BCUT2D eigenvalue weighted by Gasteiger charge is -2.10. The molecule has 3 aromatic heterocycles. The van der Waals surface area contributed by atoms with Gasteiger partial charge in [-0.1, -0.05) is 18.2 Å². The van der Waals surface area contributed by atoms with Gasteiger partial charge < -0.3 is 15.1 Å². The maximum atomic E-state index is 5.53. The molecule has 3 heterocycles. The Morgan fingerprint density at radius 3 is 2.83 bits per heavy atom. The smallest absolute Gasteiger partial charge is 0.230 e. The highest BCUT2D eigenvalue weighted by Gasteiger charge is 2.23. The van der Waals surface area contributed by atoms with Crippen molar-refractivity contribution in [1.82, 2.24) is 15.0 Å². The number of anilines is 3. The lowest BCUT2D eigenvalue weighted by Crippen LogP contribution is -2.06. The number of para-hydroxylation sites is 1. The molecule has 4 aromatic rings. The molecule has 1 aromatic carbocycles. The van der Waals surface area contributed by atoms with E-state index < -0.39 is 0 Å². The van der Waals surface area contributed by atoms with Crippen LogP contribution < -0.4 is 10.6 Å². The lowest BCUT2D eigenvalue weighted by atomic mass is 10.2. The molecular formula is C18H15N5O. The summed E-state index contributed by atoms with van der Waals surface area (Å²) in [4.78, 5) is 13.5. The van der Waals surface area contributed by atoms with Crippen molar-refractivity contribution >= 4 is 39.5 Å². The van der Waals surface area contributed by atoms with Crippen LogP contribution in [0.1, 0.15) is 12.8 Å². The molecule has 0 aliphatic heterocycles. The number of fused-ring (bicyclic) bond motifs is 2. The van der Waals surface area contributed by atoms with Gasteiger partial charge in [-0.2, -0.15) is 4.98 Å². The van der Waals surface area contributed by atoms with Gasteiger partial charge in [-0.3, -0.25) is 4.98 Å². The molecule has 1 saturated carbocycles. The minimum Gasteiger partial charge on any atom is -0.459 e. The second-order valence-corrected chi connectivity index (χ2v) is 5.95. The molecule has 0 unspecified atom stereocenters. The van der Waals surface area contributed by atoms with Crippen molar-refractivity contribution in [3.8, 4) is 0 Å². The Balaban J connectivity index is 1.58. The van der Waals surface area contributed by atoms with Crippen molar-refractivity contribution in [3.05, 3.63) is 48.9 Å². The monoisotopic (exact) mass is 317 g/mol. The average Bonchev–Trinajstić information content (AvgIpc) is 3.29. The number of rotatable bonds is 4. The molecule has 0 saturated heterocycles. The highest BCUT2D eigenvalue weighted by Crippen LogP contribution is 2.30. The predicted molar refractivity (Wildman–Crippen MR) is 93.5 cm³/mol. The van der Waals surface area contributed by atoms with Crippen LogP contribution in [0.4, 0.5) is 17.5 Å². The van der Waals surface area contributed by atoms with Crippen LogP contribution in [-0.2, 0) is 0 Å². The number of benzene rings is 1. The van der Waals surface area contributed by atoms with E-state index in [4.69, 9.17) is 4.42 Å². The summed E-state index contributed by atoms with van der Waals surface area (Å²) in [5.74, 6) is 1.29. The summed E-state index contributed by atoms with van der Waals surface area (Å²) < 4.78 is 5.53. The van der Waals surface area contributed by atoms with E-state index in [-0.39, 0.29) is 0 Å². The van der Waals surface area contributed by atoms with Crippen LogP contribution in [0, 0.1) is 0 Å². The normalized spacial score (nSPS) is 14.2. The van der Waals surface area contributed by atoms with E-state index in [0.717, 1.165) is 27.9 Å². The SMILES string of the molecule is c1ccc2c(Nc3nc(NC4CC4)c4occc4n3)ccnc2c1. The van der Waals surface area contributed by atoms with Gasteiger partial charge >= 0.3 is 0 Å². The van der Waals surface area contributed by atoms with E-state index in [9.17, 15) is 0 Å². The summed E-state index contributed by atoms with van der Waals surface area (Å²) in [5, 5.41) is 7.76. The summed E-state index contributed by atoms with van der Waals surface area (Å²) in [7, 11) is 0. The first-order valence-electron chi connectivity index (χ1n) is 7.99. The number of aromatic nitrogens is 3. The van der Waals surface area contributed by atoms with Crippen molar-refractivity contribution in [2.75, 3.05) is 10.6 Å². The Hall–Kier alpha value is -3.15. The molecule has 0 amide bonds. The number of nitrogens with one attached hydrogen (secondary N) is 2. The third-order valence-corrected chi connectivity index (χ3v) is 4.12.